The molecule has 1 atom stereocenters. The highest BCUT2D eigenvalue weighted by molar-refractivity contribution is 5.91. The van der Waals surface area contributed by atoms with E-state index in [0.29, 0.717) is 51.3 Å². The topological polar surface area (TPSA) is 95.8 Å². The molecule has 27 heavy (non-hydrogen) atoms. The zero-order valence-electron chi connectivity index (χ0n) is 15.2. The Labute approximate surface area is 156 Å². The van der Waals surface area contributed by atoms with Crippen molar-refractivity contribution in [1.82, 2.24) is 20.1 Å². The minimum Gasteiger partial charge on any atom is -0.441 e. The van der Waals surface area contributed by atoms with Gasteiger partial charge in [0.25, 0.3) is 0 Å². The van der Waals surface area contributed by atoms with E-state index in [-0.39, 0.29) is 17.7 Å². The summed E-state index contributed by atoms with van der Waals surface area (Å²) >= 11 is 0. The number of carbonyl (C=O) groups is 3. The number of benzene rings is 1. The molecule has 1 N–H and O–H groups in total. The number of aromatic nitrogens is 1. The second kappa shape index (κ2) is 7.02. The average Bonchev–Trinajstić information content (AvgIpc) is 3.25. The normalized spacial score (nSPS) is 20.2. The fraction of sp³-hybridized carbons (Fsp3) is 0.474. The van der Waals surface area contributed by atoms with E-state index >= 15 is 0 Å². The Bertz CT molecular complexity index is 898. The maximum Gasteiger partial charge on any atom is 0.245 e. The van der Waals surface area contributed by atoms with Gasteiger partial charge in [-0.05, 0) is 24.1 Å². The Morgan fingerprint density at radius 2 is 1.96 bits per heavy atom. The van der Waals surface area contributed by atoms with Crippen LogP contribution in [0.15, 0.2) is 22.6 Å². The number of piperazine rings is 1. The zero-order valence-corrected chi connectivity index (χ0v) is 15.2. The highest BCUT2D eigenvalue weighted by Gasteiger charge is 2.32. The van der Waals surface area contributed by atoms with Gasteiger partial charge in [-0.15, -0.1) is 0 Å². The van der Waals surface area contributed by atoms with Crippen LogP contribution < -0.4 is 5.32 Å². The molecule has 1 unspecified atom stereocenters. The molecule has 2 aliphatic rings. The molecule has 0 saturated carbocycles. The monoisotopic (exact) mass is 370 g/mol. The molecule has 142 valence electrons. The van der Waals surface area contributed by atoms with Crippen molar-refractivity contribution >= 4 is 28.8 Å². The van der Waals surface area contributed by atoms with E-state index in [2.05, 4.69) is 10.3 Å². The number of amides is 3. The van der Waals surface area contributed by atoms with Crippen molar-refractivity contribution in [2.75, 3.05) is 26.2 Å². The van der Waals surface area contributed by atoms with Gasteiger partial charge in [-0.3, -0.25) is 14.4 Å². The lowest BCUT2D eigenvalue weighted by atomic mass is 10.1. The first-order valence-corrected chi connectivity index (χ1v) is 9.21. The van der Waals surface area contributed by atoms with E-state index in [9.17, 15) is 14.4 Å². The Hall–Kier alpha value is -2.90. The molecule has 2 aromatic rings. The van der Waals surface area contributed by atoms with Crippen LogP contribution in [-0.4, -0.2) is 64.7 Å². The molecule has 1 aromatic carbocycles. The first-order chi connectivity index (χ1) is 13.0. The third-order valence-electron chi connectivity index (χ3n) is 5.15. The van der Waals surface area contributed by atoms with Crippen LogP contribution in [0, 0.1) is 6.92 Å². The quantitative estimate of drug-likeness (QED) is 0.855. The van der Waals surface area contributed by atoms with Gasteiger partial charge in [0, 0.05) is 39.5 Å². The number of nitrogens with zero attached hydrogens (tertiary/aromatic N) is 3. The molecule has 0 radical (unpaired) electrons. The van der Waals surface area contributed by atoms with Crippen molar-refractivity contribution < 1.29 is 18.8 Å². The lowest BCUT2D eigenvalue weighted by Crippen LogP contribution is -2.54. The molecule has 0 aliphatic carbocycles. The number of fused-ring (bicyclic) bond motifs is 1. The molecule has 3 amide bonds. The second-order valence-electron chi connectivity index (χ2n) is 7.08. The number of nitrogens with one attached hydrogen (secondary N) is 1. The summed E-state index contributed by atoms with van der Waals surface area (Å²) in [6.45, 7) is 3.81. The van der Waals surface area contributed by atoms with Crippen molar-refractivity contribution in [3.63, 3.8) is 0 Å². The van der Waals surface area contributed by atoms with E-state index in [1.54, 1.807) is 16.7 Å². The minimum atomic E-state index is -0.405. The van der Waals surface area contributed by atoms with Gasteiger partial charge in [0.05, 0.1) is 6.42 Å². The van der Waals surface area contributed by atoms with Crippen LogP contribution >= 0.6 is 0 Å². The lowest BCUT2D eigenvalue weighted by Gasteiger charge is -2.36. The molecule has 8 nitrogen and oxygen atoms in total. The van der Waals surface area contributed by atoms with Crippen LogP contribution in [0.1, 0.15) is 24.3 Å². The van der Waals surface area contributed by atoms with Gasteiger partial charge in [0.15, 0.2) is 11.5 Å². The summed E-state index contributed by atoms with van der Waals surface area (Å²) < 4.78 is 5.46. The second-order valence-corrected chi connectivity index (χ2v) is 7.08. The first-order valence-electron chi connectivity index (χ1n) is 9.21. The van der Waals surface area contributed by atoms with Crippen molar-refractivity contribution in [3.8, 4) is 0 Å². The summed E-state index contributed by atoms with van der Waals surface area (Å²) in [5.74, 6) is 0.532. The van der Waals surface area contributed by atoms with Crippen molar-refractivity contribution in [3.05, 3.63) is 29.7 Å². The van der Waals surface area contributed by atoms with Crippen molar-refractivity contribution in [2.45, 2.75) is 32.2 Å². The number of hydrogen-bond donors (Lipinski definition) is 1. The largest absolute Gasteiger partial charge is 0.441 e. The van der Waals surface area contributed by atoms with Gasteiger partial charge in [-0.1, -0.05) is 6.07 Å². The molecule has 8 heteroatoms. The number of oxazole rings is 1. The van der Waals surface area contributed by atoms with Gasteiger partial charge in [0.1, 0.15) is 11.6 Å². The van der Waals surface area contributed by atoms with Crippen LogP contribution in [0.4, 0.5) is 0 Å². The SMILES string of the molecule is Cc1nc2cc(CC(=O)N3CCN(C(=O)C4CCC(=O)N4)CC3)ccc2o1. The third kappa shape index (κ3) is 3.65. The Morgan fingerprint density at radius 3 is 2.67 bits per heavy atom. The molecule has 1 aromatic heterocycles. The zero-order chi connectivity index (χ0) is 19.0. The van der Waals surface area contributed by atoms with Crippen LogP contribution in [0.25, 0.3) is 11.1 Å². The maximum atomic E-state index is 12.6. The van der Waals surface area contributed by atoms with E-state index in [0.717, 1.165) is 16.7 Å². The maximum absolute atomic E-state index is 12.6. The van der Waals surface area contributed by atoms with Crippen LogP contribution in [-0.2, 0) is 20.8 Å². The van der Waals surface area contributed by atoms with Crippen molar-refractivity contribution in [1.29, 1.82) is 0 Å². The fourth-order valence-corrected chi connectivity index (χ4v) is 3.68. The minimum absolute atomic E-state index is 0.0378. The summed E-state index contributed by atoms with van der Waals surface area (Å²) in [5, 5.41) is 2.71. The molecule has 4 rings (SSSR count). The van der Waals surface area contributed by atoms with Gasteiger partial charge >= 0.3 is 0 Å². The van der Waals surface area contributed by atoms with Crippen LogP contribution in [0.3, 0.4) is 0 Å². The average molecular weight is 370 g/mol. The summed E-state index contributed by atoms with van der Waals surface area (Å²) in [6, 6.07) is 5.20. The summed E-state index contributed by atoms with van der Waals surface area (Å²) in [6.07, 6.45) is 1.26. The van der Waals surface area contributed by atoms with Crippen molar-refractivity contribution in [2.24, 2.45) is 0 Å². The van der Waals surface area contributed by atoms with E-state index in [1.165, 1.54) is 0 Å². The summed E-state index contributed by atoms with van der Waals surface area (Å²) in [5.41, 5.74) is 2.37. The molecule has 2 aliphatic heterocycles. The number of rotatable bonds is 3. The first kappa shape index (κ1) is 17.5. The Balaban J connectivity index is 1.32. The molecular weight excluding hydrogens is 348 g/mol. The number of aryl methyl sites for hydroxylation is 1. The van der Waals surface area contributed by atoms with Crippen LogP contribution in [0.5, 0.6) is 0 Å². The lowest BCUT2D eigenvalue weighted by molar-refractivity contribution is -0.140. The molecule has 3 heterocycles. The molecule has 2 fully saturated rings. The Kier molecular flexibility index (Phi) is 4.55. The Morgan fingerprint density at radius 1 is 1.22 bits per heavy atom. The standard InChI is InChI=1S/C19H22N4O4/c1-12-20-15-10-13(2-4-16(15)27-12)11-18(25)22-6-8-23(9-7-22)19(26)14-3-5-17(24)21-14/h2,4,10,14H,3,5-9,11H2,1H3,(H,21,24). The predicted octanol–water partition coefficient (Wildman–Crippen LogP) is 0.628. The fourth-order valence-electron chi connectivity index (χ4n) is 3.68. The van der Waals surface area contributed by atoms with Gasteiger partial charge in [-0.2, -0.15) is 0 Å². The smallest absolute Gasteiger partial charge is 0.245 e. The van der Waals surface area contributed by atoms with Crippen LogP contribution in [0.2, 0.25) is 0 Å². The summed E-state index contributed by atoms with van der Waals surface area (Å²) in [4.78, 5) is 44.2. The van der Waals surface area contributed by atoms with E-state index in [4.69, 9.17) is 4.42 Å². The number of carbonyl (C=O) groups excluding carboxylic acids is 3. The highest BCUT2D eigenvalue weighted by atomic mass is 16.3. The van der Waals surface area contributed by atoms with Gasteiger partial charge in [-0.25, -0.2) is 4.98 Å². The third-order valence-corrected chi connectivity index (χ3v) is 5.15. The number of hydrogen-bond acceptors (Lipinski definition) is 5. The molecular formula is C19H22N4O4. The molecule has 2 saturated heterocycles. The molecule has 0 spiro atoms. The van der Waals surface area contributed by atoms with E-state index < -0.39 is 6.04 Å². The summed E-state index contributed by atoms with van der Waals surface area (Å²) in [7, 11) is 0. The van der Waals surface area contributed by atoms with Gasteiger partial charge in [0.2, 0.25) is 17.7 Å². The molecule has 0 bridgehead atoms. The van der Waals surface area contributed by atoms with E-state index in [1.807, 2.05) is 18.2 Å². The van der Waals surface area contributed by atoms with Gasteiger partial charge < -0.3 is 19.5 Å². The predicted molar refractivity (Wildman–Crippen MR) is 96.8 cm³/mol. The highest BCUT2D eigenvalue weighted by Crippen LogP contribution is 2.18.